The first-order valence-corrected chi connectivity index (χ1v) is 5.66. The fraction of sp³-hybridized carbons (Fsp3) is 0.700. The average molecular weight is 240 g/mol. The van der Waals surface area contributed by atoms with Crippen molar-refractivity contribution in [3.05, 3.63) is 5.89 Å². The Bertz CT molecular complexity index is 373. The summed E-state index contributed by atoms with van der Waals surface area (Å²) < 4.78 is 10.5. The van der Waals surface area contributed by atoms with Crippen molar-refractivity contribution in [3.63, 3.8) is 0 Å². The number of ether oxygens (including phenoxy) is 1. The second-order valence-electron chi connectivity index (χ2n) is 3.93. The number of rotatable bonds is 4. The number of amides is 1. The van der Waals surface area contributed by atoms with E-state index in [0.29, 0.717) is 5.89 Å². The second-order valence-corrected chi connectivity index (χ2v) is 3.93. The molecule has 94 valence electrons. The van der Waals surface area contributed by atoms with Gasteiger partial charge in [0.2, 0.25) is 5.89 Å². The summed E-state index contributed by atoms with van der Waals surface area (Å²) in [6.45, 7) is 3.56. The SMILES string of the molecule is Cc1nnc(NC(=O)COC2CCNCC2)o1. The van der Waals surface area contributed by atoms with E-state index in [0.717, 1.165) is 25.9 Å². The predicted molar refractivity (Wildman–Crippen MR) is 59.5 cm³/mol. The van der Waals surface area contributed by atoms with E-state index in [1.807, 2.05) is 0 Å². The Labute approximate surface area is 98.9 Å². The Balaban J connectivity index is 1.70. The lowest BCUT2D eigenvalue weighted by Crippen LogP contribution is -2.34. The van der Waals surface area contributed by atoms with Gasteiger partial charge in [-0.25, -0.2) is 0 Å². The minimum Gasteiger partial charge on any atom is -0.408 e. The maximum absolute atomic E-state index is 11.5. The number of nitrogens with zero attached hydrogens (tertiary/aromatic N) is 2. The summed E-state index contributed by atoms with van der Waals surface area (Å²) in [6, 6.07) is 0.112. The number of piperidine rings is 1. The Kier molecular flexibility index (Phi) is 4.05. The highest BCUT2D eigenvalue weighted by Crippen LogP contribution is 2.08. The number of aryl methyl sites for hydroxylation is 1. The van der Waals surface area contributed by atoms with Crippen LogP contribution in [-0.2, 0) is 9.53 Å². The molecule has 0 spiro atoms. The van der Waals surface area contributed by atoms with Crippen molar-refractivity contribution in [2.45, 2.75) is 25.9 Å². The van der Waals surface area contributed by atoms with Gasteiger partial charge in [0.15, 0.2) is 0 Å². The van der Waals surface area contributed by atoms with Crippen molar-refractivity contribution in [1.82, 2.24) is 15.5 Å². The molecule has 0 saturated carbocycles. The molecule has 2 N–H and O–H groups in total. The highest BCUT2D eigenvalue weighted by atomic mass is 16.5. The van der Waals surface area contributed by atoms with Crippen LogP contribution >= 0.6 is 0 Å². The second kappa shape index (κ2) is 5.74. The van der Waals surface area contributed by atoms with Gasteiger partial charge in [-0.3, -0.25) is 10.1 Å². The molecule has 1 aliphatic rings. The van der Waals surface area contributed by atoms with E-state index in [1.165, 1.54) is 0 Å². The number of nitrogens with one attached hydrogen (secondary N) is 2. The number of anilines is 1. The molecule has 1 aromatic rings. The van der Waals surface area contributed by atoms with Crippen molar-refractivity contribution >= 4 is 11.9 Å². The van der Waals surface area contributed by atoms with Crippen molar-refractivity contribution < 1.29 is 13.9 Å². The largest absolute Gasteiger partial charge is 0.408 e. The standard InChI is InChI=1S/C10H16N4O3/c1-7-13-14-10(17-7)12-9(15)6-16-8-2-4-11-5-3-8/h8,11H,2-6H2,1H3,(H,12,14,15). The molecule has 0 radical (unpaired) electrons. The summed E-state index contributed by atoms with van der Waals surface area (Å²) in [7, 11) is 0. The number of hydrogen-bond acceptors (Lipinski definition) is 6. The molecular formula is C10H16N4O3. The normalized spacial score (nSPS) is 17.0. The number of carbonyl (C=O) groups is 1. The minimum absolute atomic E-state index is 0.0199. The zero-order valence-electron chi connectivity index (χ0n) is 9.73. The van der Waals surface area contributed by atoms with Crippen molar-refractivity contribution in [3.8, 4) is 0 Å². The lowest BCUT2D eigenvalue weighted by atomic mass is 10.1. The molecule has 7 heteroatoms. The number of hydrogen-bond donors (Lipinski definition) is 2. The van der Waals surface area contributed by atoms with E-state index < -0.39 is 0 Å². The third kappa shape index (κ3) is 3.79. The van der Waals surface area contributed by atoms with E-state index in [4.69, 9.17) is 9.15 Å². The van der Waals surface area contributed by atoms with Gasteiger partial charge in [-0.05, 0) is 25.9 Å². The lowest BCUT2D eigenvalue weighted by Gasteiger charge is -2.22. The highest BCUT2D eigenvalue weighted by molar-refractivity contribution is 5.89. The van der Waals surface area contributed by atoms with Crippen LogP contribution in [0.1, 0.15) is 18.7 Å². The molecule has 17 heavy (non-hydrogen) atoms. The smallest absolute Gasteiger partial charge is 0.322 e. The van der Waals surface area contributed by atoms with Crippen molar-refractivity contribution in [2.75, 3.05) is 25.0 Å². The van der Waals surface area contributed by atoms with E-state index in [1.54, 1.807) is 6.92 Å². The van der Waals surface area contributed by atoms with E-state index in [-0.39, 0.29) is 24.6 Å². The van der Waals surface area contributed by atoms with Crippen LogP contribution in [0, 0.1) is 6.92 Å². The highest BCUT2D eigenvalue weighted by Gasteiger charge is 2.15. The van der Waals surface area contributed by atoms with Crippen LogP contribution in [0.15, 0.2) is 4.42 Å². The van der Waals surface area contributed by atoms with Gasteiger partial charge in [0.1, 0.15) is 6.61 Å². The van der Waals surface area contributed by atoms with Gasteiger partial charge in [-0.1, -0.05) is 5.10 Å². The molecule has 0 aromatic carbocycles. The fourth-order valence-corrected chi connectivity index (χ4v) is 1.66. The Morgan fingerprint density at radius 1 is 1.53 bits per heavy atom. The number of carbonyl (C=O) groups excluding carboxylic acids is 1. The van der Waals surface area contributed by atoms with E-state index in [9.17, 15) is 4.79 Å². The predicted octanol–water partition coefficient (Wildman–Crippen LogP) is 0.0851. The zero-order valence-corrected chi connectivity index (χ0v) is 9.73. The van der Waals surface area contributed by atoms with Crippen LogP contribution < -0.4 is 10.6 Å². The minimum atomic E-state index is -0.271. The summed E-state index contributed by atoms with van der Waals surface area (Å²) in [4.78, 5) is 11.5. The maximum Gasteiger partial charge on any atom is 0.322 e. The first kappa shape index (κ1) is 12.0. The third-order valence-electron chi connectivity index (χ3n) is 2.51. The van der Waals surface area contributed by atoms with Crippen LogP contribution in [0.25, 0.3) is 0 Å². The van der Waals surface area contributed by atoms with Crippen LogP contribution in [0.3, 0.4) is 0 Å². The molecule has 7 nitrogen and oxygen atoms in total. The van der Waals surface area contributed by atoms with Gasteiger partial charge in [0, 0.05) is 6.92 Å². The summed E-state index contributed by atoms with van der Waals surface area (Å²) in [5, 5.41) is 13.0. The monoisotopic (exact) mass is 240 g/mol. The van der Waals surface area contributed by atoms with Crippen molar-refractivity contribution in [2.24, 2.45) is 0 Å². The van der Waals surface area contributed by atoms with Crippen LogP contribution in [0.5, 0.6) is 0 Å². The Morgan fingerprint density at radius 2 is 2.29 bits per heavy atom. The van der Waals surface area contributed by atoms with E-state index in [2.05, 4.69) is 20.8 Å². The topological polar surface area (TPSA) is 89.3 Å². The van der Waals surface area contributed by atoms with Gasteiger partial charge >= 0.3 is 6.01 Å². The molecule has 0 unspecified atom stereocenters. The van der Waals surface area contributed by atoms with Gasteiger partial charge < -0.3 is 14.5 Å². The van der Waals surface area contributed by atoms with Crippen molar-refractivity contribution in [1.29, 1.82) is 0 Å². The van der Waals surface area contributed by atoms with Crippen LogP contribution in [-0.4, -0.2) is 41.9 Å². The summed E-state index contributed by atoms with van der Waals surface area (Å²) in [5.74, 6) is 0.145. The molecule has 0 atom stereocenters. The molecule has 1 fully saturated rings. The molecule has 2 rings (SSSR count). The molecule has 0 aliphatic carbocycles. The van der Waals surface area contributed by atoms with Gasteiger partial charge in [-0.2, -0.15) is 0 Å². The van der Waals surface area contributed by atoms with Gasteiger partial charge in [-0.15, -0.1) is 5.10 Å². The van der Waals surface area contributed by atoms with Crippen LogP contribution in [0.4, 0.5) is 6.01 Å². The quantitative estimate of drug-likeness (QED) is 0.775. The molecule has 1 amide bonds. The summed E-state index contributed by atoms with van der Waals surface area (Å²) in [6.07, 6.45) is 2.03. The lowest BCUT2D eigenvalue weighted by molar-refractivity contribution is -0.123. The molecule has 2 heterocycles. The molecule has 1 aromatic heterocycles. The molecule has 1 aliphatic heterocycles. The molecular weight excluding hydrogens is 224 g/mol. The van der Waals surface area contributed by atoms with Crippen LogP contribution in [0.2, 0.25) is 0 Å². The third-order valence-corrected chi connectivity index (χ3v) is 2.51. The van der Waals surface area contributed by atoms with Gasteiger partial charge in [0.25, 0.3) is 5.91 Å². The average Bonchev–Trinajstić information content (AvgIpc) is 2.73. The molecule has 1 saturated heterocycles. The summed E-state index contributed by atoms with van der Waals surface area (Å²) in [5.41, 5.74) is 0. The first-order valence-electron chi connectivity index (χ1n) is 5.66. The summed E-state index contributed by atoms with van der Waals surface area (Å²) >= 11 is 0. The first-order chi connectivity index (χ1) is 8.24. The number of aromatic nitrogens is 2. The zero-order chi connectivity index (χ0) is 12.1. The van der Waals surface area contributed by atoms with Gasteiger partial charge in [0.05, 0.1) is 6.10 Å². The Hall–Kier alpha value is -1.47. The Morgan fingerprint density at radius 3 is 2.94 bits per heavy atom. The van der Waals surface area contributed by atoms with E-state index >= 15 is 0 Å². The maximum atomic E-state index is 11.5. The molecule has 0 bridgehead atoms. The fourth-order valence-electron chi connectivity index (χ4n) is 1.66.